The predicted molar refractivity (Wildman–Crippen MR) is 116 cm³/mol. The molecule has 0 unspecified atom stereocenters. The minimum Gasteiger partial charge on any atom is -0.493 e. The summed E-state index contributed by atoms with van der Waals surface area (Å²) >= 11 is 7.50. The SMILES string of the molecule is N#Cc1ccc(OCCSc2nc3cc(Cl)ccc3c(=O)n2Cc2ccco2)cc1. The van der Waals surface area contributed by atoms with Crippen molar-refractivity contribution in [3.8, 4) is 11.8 Å². The van der Waals surface area contributed by atoms with Gasteiger partial charge in [-0.05, 0) is 54.6 Å². The number of hydrogen-bond acceptors (Lipinski definition) is 6. The van der Waals surface area contributed by atoms with Gasteiger partial charge in [-0.2, -0.15) is 5.26 Å². The molecule has 0 atom stereocenters. The molecule has 0 bridgehead atoms. The van der Waals surface area contributed by atoms with Crippen LogP contribution < -0.4 is 10.3 Å². The molecule has 0 radical (unpaired) electrons. The topological polar surface area (TPSA) is 81.0 Å². The van der Waals surface area contributed by atoms with E-state index in [4.69, 9.17) is 26.0 Å². The molecule has 0 amide bonds. The van der Waals surface area contributed by atoms with Gasteiger partial charge in [0.15, 0.2) is 5.16 Å². The van der Waals surface area contributed by atoms with E-state index < -0.39 is 0 Å². The summed E-state index contributed by atoms with van der Waals surface area (Å²) in [4.78, 5) is 17.7. The Bertz CT molecular complexity index is 1260. The van der Waals surface area contributed by atoms with Crippen LogP contribution in [0.15, 0.2) is 75.2 Å². The number of ether oxygens (including phenoxy) is 1. The number of benzene rings is 2. The number of halogens is 1. The average Bonchev–Trinajstić information content (AvgIpc) is 3.27. The number of aromatic nitrogens is 2. The molecule has 2 heterocycles. The molecule has 2 aromatic heterocycles. The summed E-state index contributed by atoms with van der Waals surface area (Å²) in [6.45, 7) is 0.705. The van der Waals surface area contributed by atoms with Crippen molar-refractivity contribution in [1.82, 2.24) is 9.55 Å². The third kappa shape index (κ3) is 4.51. The van der Waals surface area contributed by atoms with E-state index in [-0.39, 0.29) is 12.1 Å². The molecule has 0 aliphatic heterocycles. The average molecular weight is 438 g/mol. The number of furan rings is 1. The molecule has 2 aromatic carbocycles. The van der Waals surface area contributed by atoms with Crippen LogP contribution in [-0.2, 0) is 6.54 Å². The minimum absolute atomic E-state index is 0.149. The van der Waals surface area contributed by atoms with Crippen molar-refractivity contribution < 1.29 is 9.15 Å². The van der Waals surface area contributed by atoms with Crippen molar-refractivity contribution in [2.75, 3.05) is 12.4 Å². The number of nitriles is 1. The van der Waals surface area contributed by atoms with Gasteiger partial charge in [-0.3, -0.25) is 9.36 Å². The molecule has 0 saturated heterocycles. The number of hydrogen-bond donors (Lipinski definition) is 0. The molecular formula is C22H16ClN3O3S. The van der Waals surface area contributed by atoms with E-state index in [9.17, 15) is 4.79 Å². The molecule has 150 valence electrons. The lowest BCUT2D eigenvalue weighted by atomic mass is 10.2. The van der Waals surface area contributed by atoms with Gasteiger partial charge in [0.05, 0.1) is 42.0 Å². The maximum atomic E-state index is 13.1. The molecule has 4 rings (SSSR count). The van der Waals surface area contributed by atoms with E-state index in [0.29, 0.717) is 50.5 Å². The van der Waals surface area contributed by atoms with Crippen molar-refractivity contribution in [1.29, 1.82) is 5.26 Å². The Morgan fingerprint density at radius 2 is 2.03 bits per heavy atom. The lowest BCUT2D eigenvalue weighted by Crippen LogP contribution is -2.24. The van der Waals surface area contributed by atoms with E-state index in [2.05, 4.69) is 11.1 Å². The molecule has 0 spiro atoms. The smallest absolute Gasteiger partial charge is 0.262 e. The van der Waals surface area contributed by atoms with Crippen LogP contribution in [0.4, 0.5) is 0 Å². The van der Waals surface area contributed by atoms with Crippen LogP contribution in [0, 0.1) is 11.3 Å². The Kier molecular flexibility index (Phi) is 6.07. The van der Waals surface area contributed by atoms with Gasteiger partial charge in [0.25, 0.3) is 5.56 Å². The molecule has 4 aromatic rings. The second-order valence-electron chi connectivity index (χ2n) is 6.36. The molecule has 0 aliphatic rings. The second kappa shape index (κ2) is 9.08. The predicted octanol–water partition coefficient (Wildman–Crippen LogP) is 4.73. The van der Waals surface area contributed by atoms with E-state index in [0.717, 1.165) is 0 Å². The monoisotopic (exact) mass is 437 g/mol. The standard InChI is InChI=1S/C22H16ClN3O3S/c23-16-5-8-19-20(12-16)25-22(26(21(19)27)14-18-2-1-9-28-18)30-11-10-29-17-6-3-15(13-24)4-7-17/h1-9,12H,10-11,14H2. The minimum atomic E-state index is -0.149. The summed E-state index contributed by atoms with van der Waals surface area (Å²) in [6.07, 6.45) is 1.58. The van der Waals surface area contributed by atoms with Crippen LogP contribution in [-0.4, -0.2) is 21.9 Å². The molecule has 0 fully saturated rings. The molecule has 0 aliphatic carbocycles. The summed E-state index contributed by atoms with van der Waals surface area (Å²) in [5.41, 5.74) is 0.986. The van der Waals surface area contributed by atoms with Crippen molar-refractivity contribution in [3.63, 3.8) is 0 Å². The number of nitrogens with zero attached hydrogens (tertiary/aromatic N) is 3. The number of thioether (sulfide) groups is 1. The Labute approximate surface area is 181 Å². The zero-order valence-corrected chi connectivity index (χ0v) is 17.3. The van der Waals surface area contributed by atoms with Gasteiger partial charge < -0.3 is 9.15 Å². The summed E-state index contributed by atoms with van der Waals surface area (Å²) in [6, 6.07) is 17.7. The summed E-state index contributed by atoms with van der Waals surface area (Å²) in [5.74, 6) is 1.93. The fraction of sp³-hybridized carbons (Fsp3) is 0.136. The maximum Gasteiger partial charge on any atom is 0.262 e. The quantitative estimate of drug-likeness (QED) is 0.236. The maximum absolute atomic E-state index is 13.1. The third-order valence-corrected chi connectivity index (χ3v) is 5.52. The highest BCUT2D eigenvalue weighted by molar-refractivity contribution is 7.99. The van der Waals surface area contributed by atoms with Gasteiger partial charge in [-0.25, -0.2) is 4.98 Å². The van der Waals surface area contributed by atoms with Crippen LogP contribution >= 0.6 is 23.4 Å². The molecular weight excluding hydrogens is 422 g/mol. The fourth-order valence-corrected chi connectivity index (χ4v) is 3.88. The number of rotatable bonds is 7. The normalized spacial score (nSPS) is 10.8. The van der Waals surface area contributed by atoms with Crippen LogP contribution in [0.1, 0.15) is 11.3 Å². The van der Waals surface area contributed by atoms with E-state index in [1.807, 2.05) is 6.07 Å². The van der Waals surface area contributed by atoms with Crippen LogP contribution in [0.5, 0.6) is 5.75 Å². The molecule has 30 heavy (non-hydrogen) atoms. The first-order chi connectivity index (χ1) is 14.6. The van der Waals surface area contributed by atoms with Gasteiger partial charge in [-0.15, -0.1) is 0 Å². The summed E-state index contributed by atoms with van der Waals surface area (Å²) < 4.78 is 12.7. The first kappa shape index (κ1) is 20.1. The second-order valence-corrected chi connectivity index (χ2v) is 7.86. The van der Waals surface area contributed by atoms with Crippen molar-refractivity contribution in [2.24, 2.45) is 0 Å². The largest absolute Gasteiger partial charge is 0.493 e. The molecule has 0 N–H and O–H groups in total. The van der Waals surface area contributed by atoms with Gasteiger partial charge in [0.2, 0.25) is 0 Å². The number of fused-ring (bicyclic) bond motifs is 1. The first-order valence-electron chi connectivity index (χ1n) is 9.12. The van der Waals surface area contributed by atoms with E-state index in [1.165, 1.54) is 11.8 Å². The van der Waals surface area contributed by atoms with Crippen molar-refractivity contribution in [3.05, 3.63) is 87.6 Å². The van der Waals surface area contributed by atoms with Crippen molar-refractivity contribution in [2.45, 2.75) is 11.7 Å². The highest BCUT2D eigenvalue weighted by Gasteiger charge is 2.13. The first-order valence-corrected chi connectivity index (χ1v) is 10.5. The zero-order valence-electron chi connectivity index (χ0n) is 15.7. The van der Waals surface area contributed by atoms with E-state index in [1.54, 1.807) is 59.4 Å². The summed E-state index contributed by atoms with van der Waals surface area (Å²) in [7, 11) is 0. The van der Waals surface area contributed by atoms with Gasteiger partial charge >= 0.3 is 0 Å². The molecule has 8 heteroatoms. The Morgan fingerprint density at radius 3 is 2.77 bits per heavy atom. The lowest BCUT2D eigenvalue weighted by molar-refractivity contribution is 0.343. The zero-order chi connectivity index (χ0) is 20.9. The Hall–Kier alpha value is -3.21. The lowest BCUT2D eigenvalue weighted by Gasteiger charge is -2.12. The van der Waals surface area contributed by atoms with Crippen LogP contribution in [0.3, 0.4) is 0 Å². The van der Waals surface area contributed by atoms with Gasteiger partial charge in [0, 0.05) is 10.8 Å². The summed E-state index contributed by atoms with van der Waals surface area (Å²) in [5, 5.41) is 10.5. The van der Waals surface area contributed by atoms with Crippen LogP contribution in [0.2, 0.25) is 5.02 Å². The Balaban J connectivity index is 1.54. The van der Waals surface area contributed by atoms with Gasteiger partial charge in [-0.1, -0.05) is 23.4 Å². The third-order valence-electron chi connectivity index (χ3n) is 4.34. The fourth-order valence-electron chi connectivity index (χ4n) is 2.90. The van der Waals surface area contributed by atoms with Crippen molar-refractivity contribution >= 4 is 34.3 Å². The highest BCUT2D eigenvalue weighted by Crippen LogP contribution is 2.22. The van der Waals surface area contributed by atoms with Crippen LogP contribution in [0.25, 0.3) is 10.9 Å². The molecule has 6 nitrogen and oxygen atoms in total. The highest BCUT2D eigenvalue weighted by atomic mass is 35.5. The molecule has 0 saturated carbocycles. The van der Waals surface area contributed by atoms with Gasteiger partial charge in [0.1, 0.15) is 11.5 Å². The van der Waals surface area contributed by atoms with E-state index >= 15 is 0 Å². The Morgan fingerprint density at radius 1 is 1.20 bits per heavy atom.